The van der Waals surface area contributed by atoms with Crippen molar-refractivity contribution in [3.8, 4) is 11.3 Å². The van der Waals surface area contributed by atoms with Crippen LogP contribution in [0.4, 0.5) is 0 Å². The molecule has 78 valence electrons. The summed E-state index contributed by atoms with van der Waals surface area (Å²) < 4.78 is 6.05. The van der Waals surface area contributed by atoms with E-state index in [2.05, 4.69) is 26.1 Å². The maximum absolute atomic E-state index is 5.42. The third-order valence-electron chi connectivity index (χ3n) is 1.95. The van der Waals surface area contributed by atoms with E-state index in [-0.39, 0.29) is 0 Å². The second-order valence-corrected chi connectivity index (χ2v) is 4.02. The first-order chi connectivity index (χ1) is 7.29. The standard InChI is InChI=1S/C10H10BrN3O/c11-8-3-7(5-13-6-8)10-4-9(1-2-12)15-14-10/h3-6H,1-2,12H2. The first kappa shape index (κ1) is 10.3. The number of aromatic nitrogens is 2. The van der Waals surface area contributed by atoms with Gasteiger partial charge in [-0.05, 0) is 28.5 Å². The van der Waals surface area contributed by atoms with Gasteiger partial charge in [-0.3, -0.25) is 4.98 Å². The van der Waals surface area contributed by atoms with Gasteiger partial charge in [-0.1, -0.05) is 5.16 Å². The Morgan fingerprint density at radius 2 is 2.20 bits per heavy atom. The lowest BCUT2D eigenvalue weighted by Gasteiger charge is -1.94. The lowest BCUT2D eigenvalue weighted by atomic mass is 10.2. The number of nitrogens with zero attached hydrogens (tertiary/aromatic N) is 2. The highest BCUT2D eigenvalue weighted by atomic mass is 79.9. The lowest BCUT2D eigenvalue weighted by Crippen LogP contribution is -2.01. The minimum atomic E-state index is 0.561. The Bertz CT molecular complexity index is 455. The van der Waals surface area contributed by atoms with Gasteiger partial charge in [0.15, 0.2) is 0 Å². The molecule has 0 aliphatic heterocycles. The molecule has 0 aromatic carbocycles. The van der Waals surface area contributed by atoms with Gasteiger partial charge in [0.2, 0.25) is 0 Å². The molecule has 2 N–H and O–H groups in total. The highest BCUT2D eigenvalue weighted by molar-refractivity contribution is 9.10. The van der Waals surface area contributed by atoms with Gasteiger partial charge in [-0.2, -0.15) is 0 Å². The van der Waals surface area contributed by atoms with Gasteiger partial charge in [0.05, 0.1) is 0 Å². The van der Waals surface area contributed by atoms with Crippen LogP contribution < -0.4 is 5.73 Å². The average Bonchev–Trinajstić information content (AvgIpc) is 2.67. The fourth-order valence-corrected chi connectivity index (χ4v) is 1.63. The van der Waals surface area contributed by atoms with Crippen LogP contribution in [0.1, 0.15) is 5.76 Å². The Hall–Kier alpha value is -1.20. The summed E-state index contributed by atoms with van der Waals surface area (Å²) in [5.41, 5.74) is 7.14. The van der Waals surface area contributed by atoms with E-state index in [0.717, 1.165) is 21.5 Å². The van der Waals surface area contributed by atoms with Gasteiger partial charge in [0.25, 0.3) is 0 Å². The molecular formula is C10H10BrN3O. The minimum absolute atomic E-state index is 0.561. The summed E-state index contributed by atoms with van der Waals surface area (Å²) in [4.78, 5) is 4.06. The fraction of sp³-hybridized carbons (Fsp3) is 0.200. The summed E-state index contributed by atoms with van der Waals surface area (Å²) in [5.74, 6) is 0.799. The van der Waals surface area contributed by atoms with Gasteiger partial charge in [0.1, 0.15) is 11.5 Å². The van der Waals surface area contributed by atoms with Crippen molar-refractivity contribution in [1.82, 2.24) is 10.1 Å². The van der Waals surface area contributed by atoms with E-state index in [0.29, 0.717) is 13.0 Å². The van der Waals surface area contributed by atoms with Crippen LogP contribution in [0.5, 0.6) is 0 Å². The SMILES string of the molecule is NCCc1cc(-c2cncc(Br)c2)no1. The molecule has 4 nitrogen and oxygen atoms in total. The summed E-state index contributed by atoms with van der Waals surface area (Å²) >= 11 is 3.36. The van der Waals surface area contributed by atoms with Crippen LogP contribution in [0.15, 0.2) is 33.5 Å². The smallest absolute Gasteiger partial charge is 0.138 e. The fourth-order valence-electron chi connectivity index (χ4n) is 1.26. The predicted molar refractivity (Wildman–Crippen MR) is 60.2 cm³/mol. The number of hydrogen-bond donors (Lipinski definition) is 1. The van der Waals surface area contributed by atoms with Crippen molar-refractivity contribution in [2.75, 3.05) is 6.54 Å². The van der Waals surface area contributed by atoms with E-state index in [1.807, 2.05) is 12.1 Å². The zero-order valence-electron chi connectivity index (χ0n) is 7.98. The molecule has 0 bridgehead atoms. The van der Waals surface area contributed by atoms with E-state index in [4.69, 9.17) is 10.3 Å². The molecule has 2 heterocycles. The normalized spacial score (nSPS) is 10.5. The third kappa shape index (κ3) is 2.43. The Kier molecular flexibility index (Phi) is 3.13. The minimum Gasteiger partial charge on any atom is -0.361 e. The van der Waals surface area contributed by atoms with Crippen molar-refractivity contribution in [3.63, 3.8) is 0 Å². The Morgan fingerprint density at radius 3 is 2.93 bits per heavy atom. The predicted octanol–water partition coefficient (Wildman–Crippen LogP) is 2.00. The maximum atomic E-state index is 5.42. The molecule has 0 fully saturated rings. The molecule has 0 saturated carbocycles. The average molecular weight is 268 g/mol. The van der Waals surface area contributed by atoms with Gasteiger partial charge >= 0.3 is 0 Å². The van der Waals surface area contributed by atoms with Crippen LogP contribution in [0, 0.1) is 0 Å². The molecule has 0 spiro atoms. The largest absolute Gasteiger partial charge is 0.361 e. The monoisotopic (exact) mass is 267 g/mol. The first-order valence-corrected chi connectivity index (χ1v) is 5.35. The Balaban J connectivity index is 2.29. The van der Waals surface area contributed by atoms with Gasteiger partial charge in [0, 0.05) is 34.9 Å². The third-order valence-corrected chi connectivity index (χ3v) is 2.38. The van der Waals surface area contributed by atoms with Gasteiger partial charge in [-0.15, -0.1) is 0 Å². The molecule has 2 rings (SSSR count). The van der Waals surface area contributed by atoms with Crippen LogP contribution >= 0.6 is 15.9 Å². The van der Waals surface area contributed by atoms with Crippen molar-refractivity contribution >= 4 is 15.9 Å². The summed E-state index contributed by atoms with van der Waals surface area (Å²) in [5, 5.41) is 3.95. The van der Waals surface area contributed by atoms with Crippen LogP contribution in [-0.2, 0) is 6.42 Å². The topological polar surface area (TPSA) is 64.9 Å². The van der Waals surface area contributed by atoms with Crippen LogP contribution in [0.3, 0.4) is 0 Å². The van der Waals surface area contributed by atoms with Crippen molar-refractivity contribution in [2.45, 2.75) is 6.42 Å². The first-order valence-electron chi connectivity index (χ1n) is 4.56. The maximum Gasteiger partial charge on any atom is 0.138 e. The molecule has 2 aromatic rings. The number of pyridine rings is 1. The molecule has 5 heteroatoms. The zero-order chi connectivity index (χ0) is 10.7. The van der Waals surface area contributed by atoms with Crippen molar-refractivity contribution < 1.29 is 4.52 Å². The summed E-state index contributed by atoms with van der Waals surface area (Å²) in [7, 11) is 0. The van der Waals surface area contributed by atoms with Crippen molar-refractivity contribution in [2.24, 2.45) is 5.73 Å². The Morgan fingerprint density at radius 1 is 1.33 bits per heavy atom. The number of nitrogens with two attached hydrogens (primary N) is 1. The molecule has 0 amide bonds. The number of halogens is 1. The van der Waals surface area contributed by atoms with E-state index in [9.17, 15) is 0 Å². The highest BCUT2D eigenvalue weighted by Gasteiger charge is 2.06. The molecule has 15 heavy (non-hydrogen) atoms. The molecule has 0 atom stereocenters. The molecular weight excluding hydrogens is 258 g/mol. The number of rotatable bonds is 3. The van der Waals surface area contributed by atoms with Crippen LogP contribution in [-0.4, -0.2) is 16.7 Å². The second-order valence-electron chi connectivity index (χ2n) is 3.11. The van der Waals surface area contributed by atoms with E-state index < -0.39 is 0 Å². The van der Waals surface area contributed by atoms with Crippen molar-refractivity contribution in [1.29, 1.82) is 0 Å². The molecule has 0 aliphatic rings. The van der Waals surface area contributed by atoms with Crippen LogP contribution in [0.25, 0.3) is 11.3 Å². The Labute approximate surface area is 95.6 Å². The summed E-state index contributed by atoms with van der Waals surface area (Å²) in [6, 6.07) is 3.83. The molecule has 0 unspecified atom stereocenters. The van der Waals surface area contributed by atoms with E-state index >= 15 is 0 Å². The van der Waals surface area contributed by atoms with E-state index in [1.54, 1.807) is 12.4 Å². The molecule has 0 aliphatic carbocycles. The zero-order valence-corrected chi connectivity index (χ0v) is 9.57. The van der Waals surface area contributed by atoms with Gasteiger partial charge in [-0.25, -0.2) is 0 Å². The molecule has 0 radical (unpaired) electrons. The quantitative estimate of drug-likeness (QED) is 0.924. The summed E-state index contributed by atoms with van der Waals surface area (Å²) in [6.45, 7) is 0.561. The highest BCUT2D eigenvalue weighted by Crippen LogP contribution is 2.21. The van der Waals surface area contributed by atoms with E-state index in [1.165, 1.54) is 0 Å². The van der Waals surface area contributed by atoms with Gasteiger partial charge < -0.3 is 10.3 Å². The lowest BCUT2D eigenvalue weighted by molar-refractivity contribution is 0.386. The summed E-state index contributed by atoms with van der Waals surface area (Å²) in [6.07, 6.45) is 4.17. The van der Waals surface area contributed by atoms with Crippen molar-refractivity contribution in [3.05, 3.63) is 34.8 Å². The molecule has 2 aromatic heterocycles. The molecule has 0 saturated heterocycles. The number of hydrogen-bond acceptors (Lipinski definition) is 4. The second kappa shape index (κ2) is 4.55. The van der Waals surface area contributed by atoms with Crippen LogP contribution in [0.2, 0.25) is 0 Å².